The minimum atomic E-state index is -1.08. The predicted octanol–water partition coefficient (Wildman–Crippen LogP) is 4.97. The Kier molecular flexibility index (Phi) is 12.9. The number of nitrogens with two attached hydrogens (primary N) is 1. The highest BCUT2D eigenvalue weighted by molar-refractivity contribution is 5.92. The van der Waals surface area contributed by atoms with Gasteiger partial charge in [-0.05, 0) is 65.9 Å². The van der Waals surface area contributed by atoms with Crippen LogP contribution in [0.2, 0.25) is 0 Å². The van der Waals surface area contributed by atoms with Crippen LogP contribution in [0.3, 0.4) is 0 Å². The molecule has 4 N–H and O–H groups in total. The summed E-state index contributed by atoms with van der Waals surface area (Å²) >= 11 is 0. The molecular weight excluding hydrogens is 508 g/mol. The zero-order valence-electron chi connectivity index (χ0n) is 25.3. The molecule has 0 spiro atoms. The van der Waals surface area contributed by atoms with Crippen molar-refractivity contribution in [3.05, 3.63) is 34.9 Å². The van der Waals surface area contributed by atoms with E-state index in [1.54, 1.807) is 25.7 Å². The van der Waals surface area contributed by atoms with E-state index in [1.165, 1.54) is 0 Å². The van der Waals surface area contributed by atoms with Crippen molar-refractivity contribution in [2.24, 2.45) is 5.73 Å². The van der Waals surface area contributed by atoms with Gasteiger partial charge in [0.2, 0.25) is 17.7 Å². The number of carbonyl (C=O) groups is 4. The summed E-state index contributed by atoms with van der Waals surface area (Å²) in [6.07, 6.45) is 6.75. The van der Waals surface area contributed by atoms with Crippen LogP contribution in [0.15, 0.2) is 18.2 Å². The summed E-state index contributed by atoms with van der Waals surface area (Å²) in [6, 6.07) is 4.01. The molecule has 0 saturated heterocycles. The molecular formula is C31H50N4O5. The molecule has 0 aliphatic heterocycles. The molecule has 2 rings (SSSR count). The van der Waals surface area contributed by atoms with Crippen molar-refractivity contribution in [3.8, 4) is 0 Å². The quantitative estimate of drug-likeness (QED) is 0.294. The van der Waals surface area contributed by atoms with Gasteiger partial charge in [-0.2, -0.15) is 0 Å². The average molecular weight is 559 g/mol. The normalized spacial score (nSPS) is 15.6. The number of aryl methyl sites for hydroxylation is 2. The van der Waals surface area contributed by atoms with Crippen LogP contribution < -0.4 is 16.4 Å². The van der Waals surface area contributed by atoms with Gasteiger partial charge >= 0.3 is 6.09 Å². The number of amides is 4. The average Bonchev–Trinajstić information content (AvgIpc) is 2.84. The Morgan fingerprint density at radius 3 is 2.20 bits per heavy atom. The van der Waals surface area contributed by atoms with E-state index in [-0.39, 0.29) is 24.8 Å². The van der Waals surface area contributed by atoms with Crippen LogP contribution in [0.25, 0.3) is 0 Å². The van der Waals surface area contributed by atoms with Gasteiger partial charge in [0.05, 0.1) is 0 Å². The fraction of sp³-hybridized carbons (Fsp3) is 0.677. The van der Waals surface area contributed by atoms with Crippen LogP contribution in [0, 0.1) is 13.8 Å². The van der Waals surface area contributed by atoms with Crippen molar-refractivity contribution in [1.29, 1.82) is 0 Å². The lowest BCUT2D eigenvalue weighted by Gasteiger charge is -2.36. The molecule has 40 heavy (non-hydrogen) atoms. The Hall–Kier alpha value is -3.10. The summed E-state index contributed by atoms with van der Waals surface area (Å²) in [5, 5.41) is 5.88. The zero-order chi connectivity index (χ0) is 29.9. The van der Waals surface area contributed by atoms with E-state index in [9.17, 15) is 19.2 Å². The number of alkyl carbamates (subject to hydrolysis) is 1. The van der Waals surface area contributed by atoms with Crippen LogP contribution in [-0.4, -0.2) is 52.9 Å². The Bertz CT molecular complexity index is 993. The van der Waals surface area contributed by atoms with Crippen LogP contribution in [-0.2, 0) is 19.1 Å². The molecule has 1 aromatic rings. The Morgan fingerprint density at radius 1 is 1.02 bits per heavy atom. The van der Waals surface area contributed by atoms with Gasteiger partial charge < -0.3 is 26.0 Å². The SMILES string of the molecule is CCCCCN(C(=O)C(CCC(N)=O)NC(=O)OC(C)(C)C)C(C(=O)NC1CCCCC1)c1cc(C)cc(C)c1. The first-order chi connectivity index (χ1) is 18.8. The van der Waals surface area contributed by atoms with Gasteiger partial charge in [-0.15, -0.1) is 0 Å². The molecule has 0 radical (unpaired) electrons. The van der Waals surface area contributed by atoms with Crippen LogP contribution in [0.1, 0.15) is 115 Å². The van der Waals surface area contributed by atoms with Gasteiger partial charge in [0, 0.05) is 19.0 Å². The second-order valence-electron chi connectivity index (χ2n) is 12.1. The number of unbranched alkanes of at least 4 members (excludes halogenated alkanes) is 2. The molecule has 224 valence electrons. The smallest absolute Gasteiger partial charge is 0.408 e. The van der Waals surface area contributed by atoms with Crippen molar-refractivity contribution < 1.29 is 23.9 Å². The molecule has 1 fully saturated rings. The van der Waals surface area contributed by atoms with E-state index < -0.39 is 35.6 Å². The second kappa shape index (κ2) is 15.6. The van der Waals surface area contributed by atoms with Crippen molar-refractivity contribution in [2.45, 2.75) is 129 Å². The van der Waals surface area contributed by atoms with Gasteiger partial charge in [0.15, 0.2) is 0 Å². The lowest BCUT2D eigenvalue weighted by atomic mass is 9.93. The van der Waals surface area contributed by atoms with Crippen molar-refractivity contribution in [1.82, 2.24) is 15.5 Å². The van der Waals surface area contributed by atoms with Gasteiger partial charge in [-0.25, -0.2) is 4.79 Å². The first-order valence-electron chi connectivity index (χ1n) is 14.8. The topological polar surface area (TPSA) is 131 Å². The number of carbonyl (C=O) groups excluding carboxylic acids is 4. The first-order valence-corrected chi connectivity index (χ1v) is 14.8. The zero-order valence-corrected chi connectivity index (χ0v) is 25.3. The van der Waals surface area contributed by atoms with Crippen LogP contribution in [0.5, 0.6) is 0 Å². The summed E-state index contributed by atoms with van der Waals surface area (Å²) in [7, 11) is 0. The van der Waals surface area contributed by atoms with Gasteiger partial charge in [0.1, 0.15) is 17.7 Å². The third-order valence-electron chi connectivity index (χ3n) is 7.03. The standard InChI is InChI=1S/C31H50N4O5/c1-7-8-12-17-35(29(38)25(15-16-26(32)36)34-30(39)40-31(4,5)6)27(23-19-21(2)18-22(3)20-23)28(37)33-24-13-10-9-11-14-24/h18-20,24-25,27H,7-17H2,1-6H3,(H2,32,36)(H,33,37)(H,34,39). The van der Waals surface area contributed by atoms with E-state index in [0.717, 1.165) is 61.6 Å². The first kappa shape index (κ1) is 33.1. The molecule has 1 aliphatic rings. The van der Waals surface area contributed by atoms with E-state index in [1.807, 2.05) is 32.0 Å². The lowest BCUT2D eigenvalue weighted by Crippen LogP contribution is -2.54. The minimum absolute atomic E-state index is 0.00148. The fourth-order valence-corrected chi connectivity index (χ4v) is 5.26. The number of nitrogens with one attached hydrogen (secondary N) is 2. The Morgan fingerprint density at radius 2 is 1.65 bits per heavy atom. The maximum atomic E-state index is 14.3. The van der Waals surface area contributed by atoms with E-state index in [2.05, 4.69) is 17.6 Å². The second-order valence-corrected chi connectivity index (χ2v) is 12.1. The predicted molar refractivity (Wildman–Crippen MR) is 156 cm³/mol. The number of ether oxygens (including phenoxy) is 1. The van der Waals surface area contributed by atoms with Crippen molar-refractivity contribution >= 4 is 23.8 Å². The van der Waals surface area contributed by atoms with Gasteiger partial charge in [-0.1, -0.05) is 68.4 Å². The monoisotopic (exact) mass is 558 g/mol. The summed E-state index contributed by atoms with van der Waals surface area (Å²) in [6.45, 7) is 11.5. The van der Waals surface area contributed by atoms with E-state index >= 15 is 0 Å². The molecule has 2 unspecified atom stereocenters. The summed E-state index contributed by atoms with van der Waals surface area (Å²) in [5.74, 6) is -1.25. The summed E-state index contributed by atoms with van der Waals surface area (Å²) in [5.41, 5.74) is 7.34. The molecule has 1 aliphatic carbocycles. The van der Waals surface area contributed by atoms with Crippen LogP contribution >= 0.6 is 0 Å². The molecule has 0 bridgehead atoms. The maximum absolute atomic E-state index is 14.3. The Balaban J connectivity index is 2.52. The number of primary amides is 1. The highest BCUT2D eigenvalue weighted by atomic mass is 16.6. The molecule has 9 nitrogen and oxygen atoms in total. The van der Waals surface area contributed by atoms with Crippen molar-refractivity contribution in [2.75, 3.05) is 6.54 Å². The molecule has 2 atom stereocenters. The molecule has 1 aromatic carbocycles. The lowest BCUT2D eigenvalue weighted by molar-refractivity contribution is -0.143. The van der Waals surface area contributed by atoms with Crippen molar-refractivity contribution in [3.63, 3.8) is 0 Å². The van der Waals surface area contributed by atoms with Gasteiger partial charge in [0.25, 0.3) is 0 Å². The molecule has 1 saturated carbocycles. The number of hydrogen-bond acceptors (Lipinski definition) is 5. The van der Waals surface area contributed by atoms with Crippen LogP contribution in [0.4, 0.5) is 4.79 Å². The highest BCUT2D eigenvalue weighted by Gasteiger charge is 2.37. The number of nitrogens with zero attached hydrogens (tertiary/aromatic N) is 1. The summed E-state index contributed by atoms with van der Waals surface area (Å²) < 4.78 is 5.41. The molecule has 9 heteroatoms. The highest BCUT2D eigenvalue weighted by Crippen LogP contribution is 2.27. The molecule has 4 amide bonds. The van der Waals surface area contributed by atoms with Gasteiger partial charge in [-0.3, -0.25) is 14.4 Å². The largest absolute Gasteiger partial charge is 0.444 e. The maximum Gasteiger partial charge on any atom is 0.408 e. The molecule has 0 aromatic heterocycles. The fourth-order valence-electron chi connectivity index (χ4n) is 5.26. The third kappa shape index (κ3) is 11.2. The summed E-state index contributed by atoms with van der Waals surface area (Å²) in [4.78, 5) is 54.2. The van der Waals surface area contributed by atoms with E-state index in [4.69, 9.17) is 10.5 Å². The number of rotatable bonds is 13. The molecule has 0 heterocycles. The van der Waals surface area contributed by atoms with E-state index in [0.29, 0.717) is 13.0 Å². The Labute approximate surface area is 240 Å². The minimum Gasteiger partial charge on any atom is -0.444 e. The third-order valence-corrected chi connectivity index (χ3v) is 7.03. The number of benzene rings is 1. The number of hydrogen-bond donors (Lipinski definition) is 3.